The number of amides is 2. The van der Waals surface area contributed by atoms with Crippen molar-refractivity contribution >= 4 is 47.1 Å². The fourth-order valence-corrected chi connectivity index (χ4v) is 5.34. The molecule has 0 saturated carbocycles. The van der Waals surface area contributed by atoms with Crippen molar-refractivity contribution in [2.24, 2.45) is 0 Å². The van der Waals surface area contributed by atoms with Crippen LogP contribution in [0.25, 0.3) is 0 Å². The molecule has 284 valence electrons. The first-order valence-corrected chi connectivity index (χ1v) is 16.6. The fourth-order valence-electron chi connectivity index (χ4n) is 5.34. The molecule has 0 bridgehead atoms. The molecule has 0 aliphatic rings. The van der Waals surface area contributed by atoms with Gasteiger partial charge in [-0.25, -0.2) is 19.2 Å². The zero-order valence-electron chi connectivity index (χ0n) is 29.2. The van der Waals surface area contributed by atoms with Gasteiger partial charge in [-0.05, 0) is 109 Å². The van der Waals surface area contributed by atoms with Crippen molar-refractivity contribution in [3.05, 3.63) is 167 Å². The summed E-state index contributed by atoms with van der Waals surface area (Å²) in [5, 5.41) is 42.7. The minimum absolute atomic E-state index is 0.0915. The molecular weight excluding hydrogens is 740 g/mol. The number of hydrogen-bond donors (Lipinski definition) is 6. The van der Waals surface area contributed by atoms with Crippen molar-refractivity contribution < 1.29 is 63.4 Å². The lowest BCUT2D eigenvalue weighted by atomic mass is 10.1. The minimum Gasteiger partial charge on any atom is -0.478 e. The molecule has 15 heteroatoms. The number of carbonyl (C=O) groups excluding carboxylic acids is 2. The maximum Gasteiger partial charge on any atom is 0.336 e. The van der Waals surface area contributed by atoms with E-state index in [2.05, 4.69) is 10.6 Å². The Morgan fingerprint density at radius 1 is 0.351 bits per heavy atom. The molecule has 0 aliphatic heterocycles. The minimum atomic E-state index is -1.42. The van der Waals surface area contributed by atoms with Crippen LogP contribution in [0.4, 0.5) is 11.4 Å². The van der Waals surface area contributed by atoms with Gasteiger partial charge >= 0.3 is 23.9 Å². The van der Waals surface area contributed by atoms with Crippen LogP contribution in [0.2, 0.25) is 0 Å². The standard InChI is InChI=1S/C42H28N2O13/c45-37(43-25-3-1-5-29(19-25)56-31-15-17-33(39(47)48)35(21-31)41(51)52)23-7-11-27(12-8-23)55-28-13-9-24(10-14-28)38(46)44-26-4-2-6-30(20-26)57-32-16-18-34(40(49)50)36(22-32)42(53)54/h1-22H,(H,43,45)(H,44,46)(H,47,48)(H,49,50)(H,51,52)(H,53,54). The Balaban J connectivity index is 1.03. The lowest BCUT2D eigenvalue weighted by molar-refractivity contribution is 0.0651. The highest BCUT2D eigenvalue weighted by atomic mass is 16.5. The summed E-state index contributed by atoms with van der Waals surface area (Å²) >= 11 is 0. The molecule has 0 fully saturated rings. The number of benzene rings is 6. The topological polar surface area (TPSA) is 235 Å². The summed E-state index contributed by atoms with van der Waals surface area (Å²) in [4.78, 5) is 71.6. The highest BCUT2D eigenvalue weighted by Crippen LogP contribution is 2.29. The first-order valence-electron chi connectivity index (χ1n) is 16.6. The van der Waals surface area contributed by atoms with E-state index in [9.17, 15) is 49.2 Å². The molecule has 6 aromatic carbocycles. The Morgan fingerprint density at radius 2 is 0.667 bits per heavy atom. The summed E-state index contributed by atoms with van der Waals surface area (Å²) in [6.07, 6.45) is 0. The van der Waals surface area contributed by atoms with Crippen LogP contribution in [0.15, 0.2) is 133 Å². The smallest absolute Gasteiger partial charge is 0.336 e. The number of carboxylic acid groups (broad SMARTS) is 4. The highest BCUT2D eigenvalue weighted by molar-refractivity contribution is 6.05. The Kier molecular flexibility index (Phi) is 11.2. The number of anilines is 2. The van der Waals surface area contributed by atoms with Crippen molar-refractivity contribution in [3.63, 3.8) is 0 Å². The van der Waals surface area contributed by atoms with Crippen molar-refractivity contribution in [2.75, 3.05) is 10.6 Å². The normalized spacial score (nSPS) is 10.5. The number of carboxylic acids is 4. The summed E-state index contributed by atoms with van der Waals surface area (Å²) in [5.74, 6) is -4.95. The van der Waals surface area contributed by atoms with Crippen LogP contribution in [0, 0.1) is 0 Å². The summed E-state index contributed by atoms with van der Waals surface area (Å²) in [6, 6.07) is 32.4. The number of carbonyl (C=O) groups is 6. The molecular formula is C42H28N2O13. The van der Waals surface area contributed by atoms with Crippen LogP contribution < -0.4 is 24.8 Å². The lowest BCUT2D eigenvalue weighted by Gasteiger charge is -2.11. The predicted octanol–water partition coefficient (Wildman–Crippen LogP) is 8.36. The third-order valence-electron chi connectivity index (χ3n) is 8.03. The average molecular weight is 769 g/mol. The molecule has 2 amide bonds. The van der Waals surface area contributed by atoms with E-state index < -0.39 is 46.8 Å². The van der Waals surface area contributed by atoms with Gasteiger partial charge in [-0.1, -0.05) is 12.1 Å². The molecule has 6 N–H and O–H groups in total. The molecule has 0 aromatic heterocycles. The SMILES string of the molecule is O=C(Nc1cccc(Oc2ccc(C(=O)O)c(C(=O)O)c2)c1)c1ccc(Oc2ccc(C(=O)Nc3cccc(Oc4ccc(C(=O)O)c(C(=O)O)c4)c3)cc2)cc1. The van der Waals surface area contributed by atoms with E-state index in [0.29, 0.717) is 34.0 Å². The summed E-state index contributed by atoms with van der Waals surface area (Å²) < 4.78 is 17.3. The van der Waals surface area contributed by atoms with E-state index in [0.717, 1.165) is 24.3 Å². The van der Waals surface area contributed by atoms with Gasteiger partial charge in [0, 0.05) is 34.6 Å². The van der Waals surface area contributed by atoms with Gasteiger partial charge in [0.05, 0.1) is 22.3 Å². The molecule has 6 aromatic rings. The average Bonchev–Trinajstić information content (AvgIpc) is 3.18. The lowest BCUT2D eigenvalue weighted by Crippen LogP contribution is -2.12. The van der Waals surface area contributed by atoms with Crippen LogP contribution >= 0.6 is 0 Å². The van der Waals surface area contributed by atoms with Crippen molar-refractivity contribution in [1.29, 1.82) is 0 Å². The molecule has 0 heterocycles. The molecule has 6 rings (SSSR count). The van der Waals surface area contributed by atoms with Crippen molar-refractivity contribution in [2.45, 2.75) is 0 Å². The van der Waals surface area contributed by atoms with Gasteiger partial charge < -0.3 is 45.3 Å². The van der Waals surface area contributed by atoms with Gasteiger partial charge in [-0.3, -0.25) is 9.59 Å². The summed E-state index contributed by atoms with van der Waals surface area (Å²) in [6.45, 7) is 0. The fraction of sp³-hybridized carbons (Fsp3) is 0. The number of nitrogens with one attached hydrogen (secondary N) is 2. The van der Waals surface area contributed by atoms with E-state index in [4.69, 9.17) is 14.2 Å². The molecule has 0 unspecified atom stereocenters. The molecule has 15 nitrogen and oxygen atoms in total. The van der Waals surface area contributed by atoms with Gasteiger partial charge in [0.2, 0.25) is 0 Å². The second-order valence-electron chi connectivity index (χ2n) is 12.0. The molecule has 0 spiro atoms. The van der Waals surface area contributed by atoms with E-state index in [1.165, 1.54) is 24.3 Å². The van der Waals surface area contributed by atoms with Gasteiger partial charge in [0.15, 0.2) is 0 Å². The third-order valence-corrected chi connectivity index (χ3v) is 8.03. The van der Waals surface area contributed by atoms with E-state index in [1.54, 1.807) is 84.9 Å². The number of rotatable bonds is 14. The molecule has 57 heavy (non-hydrogen) atoms. The molecule has 0 radical (unpaired) electrons. The first-order chi connectivity index (χ1) is 27.3. The maximum atomic E-state index is 13.0. The van der Waals surface area contributed by atoms with Gasteiger partial charge in [-0.2, -0.15) is 0 Å². The number of aromatic carboxylic acids is 4. The molecule has 0 atom stereocenters. The first kappa shape index (κ1) is 38.3. The summed E-state index contributed by atoms with van der Waals surface area (Å²) in [7, 11) is 0. The quantitative estimate of drug-likeness (QED) is 0.0612. The largest absolute Gasteiger partial charge is 0.478 e. The van der Waals surface area contributed by atoms with Gasteiger partial charge in [0.1, 0.15) is 34.5 Å². The highest BCUT2D eigenvalue weighted by Gasteiger charge is 2.19. The summed E-state index contributed by atoms with van der Waals surface area (Å²) in [5.41, 5.74) is -0.250. The van der Waals surface area contributed by atoms with E-state index >= 15 is 0 Å². The molecule has 0 aliphatic carbocycles. The van der Waals surface area contributed by atoms with Crippen LogP contribution in [0.5, 0.6) is 34.5 Å². The van der Waals surface area contributed by atoms with Crippen molar-refractivity contribution in [3.8, 4) is 34.5 Å². The molecule has 0 saturated heterocycles. The van der Waals surface area contributed by atoms with Gasteiger partial charge in [-0.15, -0.1) is 0 Å². The number of ether oxygens (including phenoxy) is 3. The predicted molar refractivity (Wildman–Crippen MR) is 203 cm³/mol. The Hall–Kier alpha value is -8.46. The van der Waals surface area contributed by atoms with E-state index in [-0.39, 0.29) is 34.1 Å². The van der Waals surface area contributed by atoms with Crippen LogP contribution in [0.3, 0.4) is 0 Å². The van der Waals surface area contributed by atoms with Crippen LogP contribution in [0.1, 0.15) is 62.1 Å². The number of hydrogen-bond acceptors (Lipinski definition) is 9. The monoisotopic (exact) mass is 768 g/mol. The third kappa shape index (κ3) is 9.56. The van der Waals surface area contributed by atoms with Crippen molar-refractivity contribution in [1.82, 2.24) is 0 Å². The zero-order valence-corrected chi connectivity index (χ0v) is 29.2. The second kappa shape index (κ2) is 16.7. The Bertz CT molecular complexity index is 2370. The Morgan fingerprint density at radius 3 is 1.02 bits per heavy atom. The Labute approximate surface area is 321 Å². The zero-order chi connectivity index (χ0) is 40.6. The maximum absolute atomic E-state index is 13.0. The van der Waals surface area contributed by atoms with Gasteiger partial charge in [0.25, 0.3) is 11.8 Å². The van der Waals surface area contributed by atoms with E-state index in [1.807, 2.05) is 0 Å². The second-order valence-corrected chi connectivity index (χ2v) is 12.0. The van der Waals surface area contributed by atoms with Crippen LogP contribution in [-0.4, -0.2) is 56.1 Å². The van der Waals surface area contributed by atoms with Crippen LogP contribution in [-0.2, 0) is 0 Å².